The maximum absolute atomic E-state index is 4.88. The van der Waals surface area contributed by atoms with Gasteiger partial charge >= 0.3 is 0 Å². The molecule has 0 aromatic carbocycles. The van der Waals surface area contributed by atoms with Gasteiger partial charge in [-0.15, -0.1) is 0 Å². The fourth-order valence-electron chi connectivity index (χ4n) is 0.694. The summed E-state index contributed by atoms with van der Waals surface area (Å²) in [5.41, 5.74) is 0.882. The van der Waals surface area contributed by atoms with Crippen molar-refractivity contribution in [2.75, 3.05) is 6.61 Å². The van der Waals surface area contributed by atoms with Crippen LogP contribution >= 0.6 is 0 Å². The van der Waals surface area contributed by atoms with Crippen LogP contribution in [0.2, 0.25) is 0 Å². The van der Waals surface area contributed by atoms with Crippen LogP contribution in [-0.4, -0.2) is 11.8 Å². The topological polar surface area (TPSA) is 61.3 Å². The van der Waals surface area contributed by atoms with E-state index in [1.54, 1.807) is 0 Å². The SMILES string of the molecule is Cc1cc(CCON)on1. The summed E-state index contributed by atoms with van der Waals surface area (Å²) >= 11 is 0. The van der Waals surface area contributed by atoms with Crippen molar-refractivity contribution in [1.29, 1.82) is 0 Å². The van der Waals surface area contributed by atoms with E-state index in [4.69, 9.17) is 10.4 Å². The summed E-state index contributed by atoms with van der Waals surface area (Å²) in [6.07, 6.45) is 0.678. The molecule has 0 atom stereocenters. The van der Waals surface area contributed by atoms with Crippen molar-refractivity contribution in [1.82, 2.24) is 5.16 Å². The summed E-state index contributed by atoms with van der Waals surface area (Å²) in [6.45, 7) is 2.34. The van der Waals surface area contributed by atoms with Crippen LogP contribution < -0.4 is 5.90 Å². The standard InChI is InChI=1S/C6H10N2O2/c1-5-4-6(10-8-5)2-3-9-7/h4H,2-3,7H2,1H3. The number of hydrogen-bond acceptors (Lipinski definition) is 4. The van der Waals surface area contributed by atoms with Crippen molar-refractivity contribution in [3.05, 3.63) is 17.5 Å². The molecule has 0 spiro atoms. The first-order valence-electron chi connectivity index (χ1n) is 3.07. The third-order valence-corrected chi connectivity index (χ3v) is 1.14. The lowest BCUT2D eigenvalue weighted by Gasteiger charge is -1.90. The lowest BCUT2D eigenvalue weighted by molar-refractivity contribution is 0.135. The molecule has 1 heterocycles. The summed E-state index contributed by atoms with van der Waals surface area (Å²) in [5, 5.41) is 3.70. The van der Waals surface area contributed by atoms with Crippen LogP contribution in [0.25, 0.3) is 0 Å². The molecule has 4 nitrogen and oxygen atoms in total. The minimum absolute atomic E-state index is 0.467. The van der Waals surface area contributed by atoms with Crippen LogP contribution in [0.1, 0.15) is 11.5 Å². The smallest absolute Gasteiger partial charge is 0.139 e. The molecule has 0 bridgehead atoms. The molecule has 1 rings (SSSR count). The number of nitrogens with zero attached hydrogens (tertiary/aromatic N) is 1. The summed E-state index contributed by atoms with van der Waals surface area (Å²) in [7, 11) is 0. The van der Waals surface area contributed by atoms with Crippen LogP contribution in [0.15, 0.2) is 10.6 Å². The van der Waals surface area contributed by atoms with Crippen molar-refractivity contribution in [3.8, 4) is 0 Å². The van der Waals surface area contributed by atoms with Crippen molar-refractivity contribution in [2.45, 2.75) is 13.3 Å². The Morgan fingerprint density at radius 2 is 2.60 bits per heavy atom. The normalized spacial score (nSPS) is 10.2. The van der Waals surface area contributed by atoms with Crippen molar-refractivity contribution in [2.24, 2.45) is 5.90 Å². The van der Waals surface area contributed by atoms with E-state index in [-0.39, 0.29) is 0 Å². The molecular weight excluding hydrogens is 132 g/mol. The molecule has 0 aliphatic heterocycles. The predicted octanol–water partition coefficient (Wildman–Crippen LogP) is 0.416. The zero-order valence-electron chi connectivity index (χ0n) is 5.83. The molecule has 56 valence electrons. The van der Waals surface area contributed by atoms with E-state index in [2.05, 4.69) is 9.99 Å². The molecule has 1 aromatic heterocycles. The molecule has 0 fully saturated rings. The minimum Gasteiger partial charge on any atom is -0.361 e. The third-order valence-electron chi connectivity index (χ3n) is 1.14. The number of aromatic nitrogens is 1. The second-order valence-corrected chi connectivity index (χ2v) is 2.06. The van der Waals surface area contributed by atoms with Gasteiger partial charge in [0, 0.05) is 12.5 Å². The van der Waals surface area contributed by atoms with Gasteiger partial charge in [0.25, 0.3) is 0 Å². The van der Waals surface area contributed by atoms with Gasteiger partial charge in [-0.2, -0.15) is 0 Å². The Morgan fingerprint density at radius 3 is 3.10 bits per heavy atom. The van der Waals surface area contributed by atoms with E-state index in [1.807, 2.05) is 13.0 Å². The number of hydrogen-bond donors (Lipinski definition) is 1. The highest BCUT2D eigenvalue weighted by Crippen LogP contribution is 2.01. The monoisotopic (exact) mass is 142 g/mol. The van der Waals surface area contributed by atoms with Gasteiger partial charge in [0.1, 0.15) is 5.76 Å². The van der Waals surface area contributed by atoms with E-state index in [0.29, 0.717) is 13.0 Å². The van der Waals surface area contributed by atoms with Crippen LogP contribution in [0.3, 0.4) is 0 Å². The van der Waals surface area contributed by atoms with Gasteiger partial charge in [0.15, 0.2) is 0 Å². The first-order valence-corrected chi connectivity index (χ1v) is 3.07. The maximum atomic E-state index is 4.88. The predicted molar refractivity (Wildman–Crippen MR) is 35.1 cm³/mol. The molecule has 0 amide bonds. The molecule has 2 N–H and O–H groups in total. The second kappa shape index (κ2) is 3.34. The Hall–Kier alpha value is -0.870. The van der Waals surface area contributed by atoms with Gasteiger partial charge in [0.05, 0.1) is 12.3 Å². The highest BCUT2D eigenvalue weighted by Gasteiger charge is 1.98. The van der Waals surface area contributed by atoms with E-state index >= 15 is 0 Å². The van der Waals surface area contributed by atoms with E-state index in [0.717, 1.165) is 11.5 Å². The van der Waals surface area contributed by atoms with E-state index in [1.165, 1.54) is 0 Å². The van der Waals surface area contributed by atoms with Crippen LogP contribution in [0, 0.1) is 6.92 Å². The highest BCUT2D eigenvalue weighted by atomic mass is 16.6. The summed E-state index contributed by atoms with van der Waals surface area (Å²) < 4.78 is 4.88. The van der Waals surface area contributed by atoms with Gasteiger partial charge in [0.2, 0.25) is 0 Å². The molecule has 0 aliphatic carbocycles. The molecule has 4 heteroatoms. The van der Waals surface area contributed by atoms with Gasteiger partial charge in [-0.05, 0) is 6.92 Å². The molecule has 10 heavy (non-hydrogen) atoms. The summed E-state index contributed by atoms with van der Waals surface area (Å²) in [6, 6.07) is 1.86. The second-order valence-electron chi connectivity index (χ2n) is 2.06. The molecule has 0 saturated heterocycles. The average molecular weight is 142 g/mol. The lowest BCUT2D eigenvalue weighted by Crippen LogP contribution is -2.02. The molecule has 1 aromatic rings. The Morgan fingerprint density at radius 1 is 1.80 bits per heavy atom. The fourth-order valence-corrected chi connectivity index (χ4v) is 0.694. The van der Waals surface area contributed by atoms with Gasteiger partial charge < -0.3 is 9.36 Å². The zero-order valence-corrected chi connectivity index (χ0v) is 5.83. The summed E-state index contributed by atoms with van der Waals surface area (Å²) in [5.74, 6) is 5.63. The first-order chi connectivity index (χ1) is 4.83. The first kappa shape index (κ1) is 7.24. The third kappa shape index (κ3) is 1.82. The van der Waals surface area contributed by atoms with Crippen molar-refractivity contribution >= 4 is 0 Å². The van der Waals surface area contributed by atoms with Gasteiger partial charge in [-0.3, -0.25) is 0 Å². The number of nitrogens with two attached hydrogens (primary N) is 1. The maximum Gasteiger partial charge on any atom is 0.139 e. The molecule has 0 unspecified atom stereocenters. The van der Waals surface area contributed by atoms with Crippen molar-refractivity contribution in [3.63, 3.8) is 0 Å². The largest absolute Gasteiger partial charge is 0.361 e. The van der Waals surface area contributed by atoms with Crippen molar-refractivity contribution < 1.29 is 9.36 Å². The minimum atomic E-state index is 0.467. The van der Waals surface area contributed by atoms with E-state index < -0.39 is 0 Å². The van der Waals surface area contributed by atoms with Crippen LogP contribution in [0.5, 0.6) is 0 Å². The summed E-state index contributed by atoms with van der Waals surface area (Å²) in [4.78, 5) is 4.37. The van der Waals surface area contributed by atoms with E-state index in [9.17, 15) is 0 Å². The lowest BCUT2D eigenvalue weighted by atomic mass is 10.3. The Labute approximate surface area is 58.9 Å². The number of aryl methyl sites for hydroxylation is 1. The molecule has 0 saturated carbocycles. The molecular formula is C6H10N2O2. The molecule has 0 radical (unpaired) electrons. The number of rotatable bonds is 3. The zero-order chi connectivity index (χ0) is 7.40. The van der Waals surface area contributed by atoms with Gasteiger partial charge in [-0.25, -0.2) is 5.90 Å². The van der Waals surface area contributed by atoms with Gasteiger partial charge in [-0.1, -0.05) is 5.16 Å². The Balaban J connectivity index is 2.42. The average Bonchev–Trinajstić information content (AvgIpc) is 2.31. The quantitative estimate of drug-likeness (QED) is 0.621. The fraction of sp³-hybridized carbons (Fsp3) is 0.500. The highest BCUT2D eigenvalue weighted by molar-refractivity contribution is 5.02. The Bertz CT molecular complexity index is 197. The van der Waals surface area contributed by atoms with Crippen LogP contribution in [0.4, 0.5) is 0 Å². The molecule has 0 aliphatic rings. The van der Waals surface area contributed by atoms with Crippen LogP contribution in [-0.2, 0) is 11.3 Å². The Kier molecular flexibility index (Phi) is 2.42.